The standard InChI is InChI=1S/C20H14F3N5O/c1-12-6-7-14(9-25-12)27-19(29)16-10-26-28(18(16)20(21,22)23)17-11-24-8-13-4-2-3-5-15(13)17/h2-11H,1H3,(H,27,29). The number of hydrogen-bond acceptors (Lipinski definition) is 4. The molecule has 0 aliphatic rings. The lowest BCUT2D eigenvalue weighted by Gasteiger charge is -2.14. The molecule has 1 aromatic carbocycles. The summed E-state index contributed by atoms with van der Waals surface area (Å²) >= 11 is 0. The molecule has 0 aliphatic heterocycles. The van der Waals surface area contributed by atoms with Crippen molar-refractivity contribution in [3.63, 3.8) is 0 Å². The number of pyridine rings is 2. The second kappa shape index (κ2) is 7.01. The zero-order valence-corrected chi connectivity index (χ0v) is 15.1. The first-order chi connectivity index (χ1) is 13.8. The van der Waals surface area contributed by atoms with Crippen molar-refractivity contribution in [2.45, 2.75) is 13.1 Å². The maximum atomic E-state index is 13.9. The first-order valence-electron chi connectivity index (χ1n) is 8.57. The van der Waals surface area contributed by atoms with Crippen LogP contribution in [0.2, 0.25) is 0 Å². The average molecular weight is 397 g/mol. The number of halogens is 3. The third-order valence-corrected chi connectivity index (χ3v) is 4.33. The lowest BCUT2D eigenvalue weighted by molar-refractivity contribution is -0.143. The number of rotatable bonds is 3. The average Bonchev–Trinajstić information content (AvgIpc) is 3.15. The van der Waals surface area contributed by atoms with Crippen LogP contribution in [0.15, 0.2) is 61.2 Å². The van der Waals surface area contributed by atoms with Crippen LogP contribution in [0, 0.1) is 6.92 Å². The van der Waals surface area contributed by atoms with E-state index in [1.165, 1.54) is 12.4 Å². The van der Waals surface area contributed by atoms with Gasteiger partial charge in [0.25, 0.3) is 5.91 Å². The number of carbonyl (C=O) groups is 1. The summed E-state index contributed by atoms with van der Waals surface area (Å²) in [5.74, 6) is -0.928. The Morgan fingerprint density at radius 1 is 1.03 bits per heavy atom. The van der Waals surface area contributed by atoms with E-state index in [9.17, 15) is 18.0 Å². The van der Waals surface area contributed by atoms with Gasteiger partial charge in [0.05, 0.1) is 35.5 Å². The van der Waals surface area contributed by atoms with Crippen LogP contribution in [0.1, 0.15) is 21.7 Å². The zero-order chi connectivity index (χ0) is 20.6. The van der Waals surface area contributed by atoms with E-state index in [1.807, 2.05) is 0 Å². The molecule has 4 rings (SSSR count). The van der Waals surface area contributed by atoms with Crippen molar-refractivity contribution in [2.75, 3.05) is 5.32 Å². The van der Waals surface area contributed by atoms with Gasteiger partial charge in [-0.05, 0) is 19.1 Å². The normalized spacial score (nSPS) is 11.6. The number of benzene rings is 1. The van der Waals surface area contributed by atoms with E-state index < -0.39 is 23.3 Å². The molecule has 0 spiro atoms. The number of hydrogen-bond donors (Lipinski definition) is 1. The summed E-state index contributed by atoms with van der Waals surface area (Å²) in [4.78, 5) is 20.6. The molecule has 4 aromatic rings. The Hall–Kier alpha value is -3.75. The van der Waals surface area contributed by atoms with Gasteiger partial charge in [-0.3, -0.25) is 14.8 Å². The first kappa shape index (κ1) is 18.6. The summed E-state index contributed by atoms with van der Waals surface area (Å²) in [6.45, 7) is 1.76. The molecule has 0 fully saturated rings. The van der Waals surface area contributed by atoms with Crippen molar-refractivity contribution in [2.24, 2.45) is 0 Å². The van der Waals surface area contributed by atoms with Gasteiger partial charge in [-0.1, -0.05) is 24.3 Å². The summed E-state index contributed by atoms with van der Waals surface area (Å²) in [5, 5.41) is 7.48. The highest BCUT2D eigenvalue weighted by atomic mass is 19.4. The Morgan fingerprint density at radius 2 is 1.83 bits per heavy atom. The van der Waals surface area contributed by atoms with E-state index in [-0.39, 0.29) is 11.4 Å². The molecule has 6 nitrogen and oxygen atoms in total. The van der Waals surface area contributed by atoms with Crippen LogP contribution in [-0.2, 0) is 6.18 Å². The molecular formula is C20H14F3N5O. The van der Waals surface area contributed by atoms with Gasteiger partial charge in [-0.25, -0.2) is 4.68 Å². The van der Waals surface area contributed by atoms with E-state index in [2.05, 4.69) is 20.4 Å². The molecule has 146 valence electrons. The molecule has 3 aromatic heterocycles. The van der Waals surface area contributed by atoms with Crippen LogP contribution in [0.3, 0.4) is 0 Å². The summed E-state index contributed by atoms with van der Waals surface area (Å²) < 4.78 is 42.4. The minimum atomic E-state index is -4.81. The predicted octanol–water partition coefficient (Wildman–Crippen LogP) is 4.40. The summed E-state index contributed by atoms with van der Waals surface area (Å²) in [6, 6.07) is 10.1. The highest BCUT2D eigenvalue weighted by Crippen LogP contribution is 2.35. The molecule has 29 heavy (non-hydrogen) atoms. The number of anilines is 1. The molecule has 9 heteroatoms. The van der Waals surface area contributed by atoms with E-state index in [1.54, 1.807) is 49.5 Å². The van der Waals surface area contributed by atoms with Gasteiger partial charge in [0.15, 0.2) is 5.69 Å². The fraction of sp³-hybridized carbons (Fsp3) is 0.100. The molecule has 1 amide bonds. The van der Waals surface area contributed by atoms with Crippen molar-refractivity contribution in [1.29, 1.82) is 0 Å². The SMILES string of the molecule is Cc1ccc(NC(=O)c2cnn(-c3cncc4ccccc34)c2C(F)(F)F)cn1. The second-order valence-corrected chi connectivity index (χ2v) is 6.34. The van der Waals surface area contributed by atoms with E-state index in [0.29, 0.717) is 15.5 Å². The molecule has 3 heterocycles. The Balaban J connectivity index is 1.82. The van der Waals surface area contributed by atoms with Crippen LogP contribution in [0.25, 0.3) is 16.5 Å². The Morgan fingerprint density at radius 3 is 2.55 bits per heavy atom. The van der Waals surface area contributed by atoms with Crippen LogP contribution in [-0.4, -0.2) is 25.7 Å². The summed E-state index contributed by atoms with van der Waals surface area (Å²) in [5.41, 5.74) is -0.630. The highest BCUT2D eigenvalue weighted by Gasteiger charge is 2.41. The fourth-order valence-electron chi connectivity index (χ4n) is 2.98. The number of aromatic nitrogens is 4. The summed E-state index contributed by atoms with van der Waals surface area (Å²) in [7, 11) is 0. The Bertz CT molecular complexity index is 1190. The molecule has 0 unspecified atom stereocenters. The molecule has 0 saturated heterocycles. The number of nitrogens with zero attached hydrogens (tertiary/aromatic N) is 4. The third kappa shape index (κ3) is 3.54. The van der Waals surface area contributed by atoms with Crippen molar-refractivity contribution >= 4 is 22.4 Å². The van der Waals surface area contributed by atoms with Gasteiger partial charge >= 0.3 is 6.18 Å². The molecule has 0 bridgehead atoms. The third-order valence-electron chi connectivity index (χ3n) is 4.33. The van der Waals surface area contributed by atoms with Gasteiger partial charge in [0.2, 0.25) is 0 Å². The molecule has 0 saturated carbocycles. The quantitative estimate of drug-likeness (QED) is 0.556. The van der Waals surface area contributed by atoms with Crippen molar-refractivity contribution in [3.05, 3.63) is 78.1 Å². The highest BCUT2D eigenvalue weighted by molar-refractivity contribution is 6.05. The van der Waals surface area contributed by atoms with E-state index >= 15 is 0 Å². The van der Waals surface area contributed by atoms with Gasteiger partial charge in [0.1, 0.15) is 0 Å². The maximum absolute atomic E-state index is 13.9. The molecule has 0 aliphatic carbocycles. The van der Waals surface area contributed by atoms with Crippen LogP contribution in [0.5, 0.6) is 0 Å². The molecule has 0 radical (unpaired) electrons. The largest absolute Gasteiger partial charge is 0.434 e. The number of carbonyl (C=O) groups excluding carboxylic acids is 1. The predicted molar refractivity (Wildman–Crippen MR) is 101 cm³/mol. The number of nitrogens with one attached hydrogen (secondary N) is 1. The Labute approximate surface area is 163 Å². The summed E-state index contributed by atoms with van der Waals surface area (Å²) in [6.07, 6.45) is 0.302. The molecule has 1 N–H and O–H groups in total. The van der Waals surface area contributed by atoms with Gasteiger partial charge < -0.3 is 5.32 Å². The van der Waals surface area contributed by atoms with Gasteiger partial charge in [-0.15, -0.1) is 0 Å². The topological polar surface area (TPSA) is 72.7 Å². The minimum absolute atomic E-state index is 0.131. The monoisotopic (exact) mass is 397 g/mol. The van der Waals surface area contributed by atoms with Crippen LogP contribution in [0.4, 0.5) is 18.9 Å². The van der Waals surface area contributed by atoms with Crippen molar-refractivity contribution in [1.82, 2.24) is 19.7 Å². The number of aryl methyl sites for hydroxylation is 1. The van der Waals surface area contributed by atoms with Crippen molar-refractivity contribution < 1.29 is 18.0 Å². The second-order valence-electron chi connectivity index (χ2n) is 6.34. The smallest absolute Gasteiger partial charge is 0.320 e. The fourth-order valence-corrected chi connectivity index (χ4v) is 2.98. The number of amides is 1. The van der Waals surface area contributed by atoms with Crippen molar-refractivity contribution in [3.8, 4) is 5.69 Å². The van der Waals surface area contributed by atoms with Crippen LogP contribution < -0.4 is 5.32 Å². The lowest BCUT2D eigenvalue weighted by Crippen LogP contribution is -2.21. The van der Waals surface area contributed by atoms with E-state index in [4.69, 9.17) is 0 Å². The van der Waals surface area contributed by atoms with Gasteiger partial charge in [0, 0.05) is 22.7 Å². The minimum Gasteiger partial charge on any atom is -0.320 e. The van der Waals surface area contributed by atoms with E-state index in [0.717, 1.165) is 11.9 Å². The number of fused-ring (bicyclic) bond motifs is 1. The lowest BCUT2D eigenvalue weighted by atomic mass is 10.1. The van der Waals surface area contributed by atoms with Gasteiger partial charge in [-0.2, -0.15) is 18.3 Å². The maximum Gasteiger partial charge on any atom is 0.434 e. The zero-order valence-electron chi connectivity index (χ0n) is 15.1. The van der Waals surface area contributed by atoms with Crippen LogP contribution >= 0.6 is 0 Å². The molecule has 0 atom stereocenters. The molecular weight excluding hydrogens is 383 g/mol. The Kier molecular flexibility index (Phi) is 4.50. The number of alkyl halides is 3. The first-order valence-corrected chi connectivity index (χ1v) is 8.57.